The topological polar surface area (TPSA) is 76.9 Å². The van der Waals surface area contributed by atoms with E-state index >= 15 is 0 Å². The Morgan fingerprint density at radius 1 is 1.09 bits per heavy atom. The number of carboxylic acid groups (broad SMARTS) is 1. The quantitative estimate of drug-likeness (QED) is 0.530. The Bertz CT molecular complexity index is 486. The molecule has 4 nitrogen and oxygen atoms in total. The van der Waals surface area contributed by atoms with Crippen molar-refractivity contribution in [2.45, 2.75) is 77.6 Å². The van der Waals surface area contributed by atoms with Crippen molar-refractivity contribution in [1.82, 2.24) is 4.98 Å². The molecule has 0 radical (unpaired) electrons. The van der Waals surface area contributed by atoms with Crippen LogP contribution in [0.5, 0.6) is 0 Å². The highest BCUT2D eigenvalue weighted by Gasteiger charge is 2.13. The summed E-state index contributed by atoms with van der Waals surface area (Å²) in [6.45, 7) is 2.24. The molecule has 1 aromatic heterocycles. The Labute approximate surface area is 133 Å². The van der Waals surface area contributed by atoms with Crippen LogP contribution in [0.3, 0.4) is 0 Å². The molecule has 0 spiro atoms. The Hall–Kier alpha value is -1.76. The van der Waals surface area contributed by atoms with Crippen LogP contribution in [0.2, 0.25) is 0 Å². The molecule has 0 aliphatic carbocycles. The molecule has 1 aromatic rings. The van der Waals surface area contributed by atoms with Gasteiger partial charge in [-0.05, 0) is 18.9 Å². The second-order valence-electron chi connectivity index (χ2n) is 5.93. The van der Waals surface area contributed by atoms with E-state index in [0.717, 1.165) is 25.0 Å². The Morgan fingerprint density at radius 3 is 2.09 bits per heavy atom. The van der Waals surface area contributed by atoms with E-state index in [1.807, 2.05) is 6.07 Å². The third-order valence-electron chi connectivity index (χ3n) is 4.01. The number of carboxylic acids is 1. The first-order valence-corrected chi connectivity index (χ1v) is 8.54. The lowest BCUT2D eigenvalue weighted by molar-refractivity contribution is 0.0690. The molecule has 1 rings (SSSR count). The van der Waals surface area contributed by atoms with Gasteiger partial charge in [0, 0.05) is 5.69 Å². The number of hydrogen-bond donors (Lipinski definition) is 2. The average molecular weight is 304 g/mol. The number of hydrogen-bond acceptors (Lipinski definition) is 2. The third-order valence-corrected chi connectivity index (χ3v) is 4.01. The van der Waals surface area contributed by atoms with E-state index in [2.05, 4.69) is 11.9 Å². The van der Waals surface area contributed by atoms with Gasteiger partial charge in [0.05, 0.1) is 5.56 Å². The van der Waals surface area contributed by atoms with Crippen LogP contribution in [0.4, 0.5) is 0 Å². The molecule has 0 amide bonds. The van der Waals surface area contributed by atoms with Crippen LogP contribution < -0.4 is 0 Å². The summed E-state index contributed by atoms with van der Waals surface area (Å²) in [7, 11) is 0. The Balaban J connectivity index is 2.10. The van der Waals surface area contributed by atoms with Crippen LogP contribution in [0.15, 0.2) is 6.07 Å². The second kappa shape index (κ2) is 10.9. The predicted octanol–water partition coefficient (Wildman–Crippen LogP) is 5.05. The minimum atomic E-state index is -1.06. The smallest absolute Gasteiger partial charge is 0.353 e. The fraction of sp³-hybridized carbons (Fsp3) is 0.667. The van der Waals surface area contributed by atoms with Crippen LogP contribution in [0.25, 0.3) is 0 Å². The van der Waals surface area contributed by atoms with Crippen LogP contribution in [0.1, 0.15) is 92.9 Å². The zero-order chi connectivity index (χ0) is 16.2. The number of unbranched alkanes of at least 4 members (excludes halogenated alkanes) is 9. The molecule has 0 aliphatic rings. The van der Waals surface area contributed by atoms with Gasteiger partial charge in [0.2, 0.25) is 0 Å². The fourth-order valence-electron chi connectivity index (χ4n) is 2.70. The molecule has 0 aliphatic heterocycles. The van der Waals surface area contributed by atoms with Crippen molar-refractivity contribution < 1.29 is 9.90 Å². The third kappa shape index (κ3) is 6.80. The van der Waals surface area contributed by atoms with E-state index in [0.29, 0.717) is 0 Å². The molecule has 0 bridgehead atoms. The van der Waals surface area contributed by atoms with Crippen LogP contribution in [0, 0.1) is 11.3 Å². The normalized spacial score (nSPS) is 10.5. The number of H-pyrrole nitrogens is 1. The summed E-state index contributed by atoms with van der Waals surface area (Å²) in [5.41, 5.74) is 1.10. The lowest BCUT2D eigenvalue weighted by atomic mass is 10.1. The van der Waals surface area contributed by atoms with Crippen LogP contribution in [-0.4, -0.2) is 16.1 Å². The summed E-state index contributed by atoms with van der Waals surface area (Å²) < 4.78 is 0. The summed E-state index contributed by atoms with van der Waals surface area (Å²) in [6, 6.07) is 3.59. The number of carbonyl (C=O) groups is 1. The van der Waals surface area contributed by atoms with Crippen molar-refractivity contribution in [3.63, 3.8) is 0 Å². The van der Waals surface area contributed by atoms with Crippen molar-refractivity contribution in [1.29, 1.82) is 5.26 Å². The molecule has 0 unspecified atom stereocenters. The minimum absolute atomic E-state index is 0.0181. The maximum absolute atomic E-state index is 11.0. The first kappa shape index (κ1) is 18.3. The van der Waals surface area contributed by atoms with Crippen molar-refractivity contribution in [2.24, 2.45) is 0 Å². The summed E-state index contributed by atoms with van der Waals surface area (Å²) >= 11 is 0. The largest absolute Gasteiger partial charge is 0.477 e. The van der Waals surface area contributed by atoms with Gasteiger partial charge in [-0.3, -0.25) is 0 Å². The summed E-state index contributed by atoms with van der Waals surface area (Å²) in [6.07, 6.45) is 13.6. The number of aryl methyl sites for hydroxylation is 1. The first-order valence-electron chi connectivity index (χ1n) is 8.54. The number of aromatic amines is 1. The van der Waals surface area contributed by atoms with E-state index in [4.69, 9.17) is 10.4 Å². The minimum Gasteiger partial charge on any atom is -0.477 e. The van der Waals surface area contributed by atoms with Gasteiger partial charge >= 0.3 is 5.97 Å². The van der Waals surface area contributed by atoms with Crippen molar-refractivity contribution >= 4 is 5.97 Å². The van der Waals surface area contributed by atoms with E-state index in [9.17, 15) is 4.79 Å². The fourth-order valence-corrected chi connectivity index (χ4v) is 2.70. The zero-order valence-corrected chi connectivity index (χ0v) is 13.7. The van der Waals surface area contributed by atoms with Gasteiger partial charge in [-0.25, -0.2) is 4.79 Å². The average Bonchev–Trinajstić information content (AvgIpc) is 2.92. The van der Waals surface area contributed by atoms with Crippen molar-refractivity contribution in [2.75, 3.05) is 0 Å². The molecule has 1 heterocycles. The first-order chi connectivity index (χ1) is 10.7. The number of nitriles is 1. The number of nitrogens with one attached hydrogen (secondary N) is 1. The van der Waals surface area contributed by atoms with E-state index in [1.165, 1.54) is 51.4 Å². The van der Waals surface area contributed by atoms with E-state index in [1.54, 1.807) is 6.07 Å². The predicted molar refractivity (Wildman–Crippen MR) is 88.0 cm³/mol. The molecule has 122 valence electrons. The molecular weight excluding hydrogens is 276 g/mol. The molecule has 22 heavy (non-hydrogen) atoms. The lowest BCUT2D eigenvalue weighted by Crippen LogP contribution is -1.99. The lowest BCUT2D eigenvalue weighted by Gasteiger charge is -2.02. The highest BCUT2D eigenvalue weighted by molar-refractivity contribution is 5.88. The molecule has 4 heteroatoms. The van der Waals surface area contributed by atoms with E-state index in [-0.39, 0.29) is 11.3 Å². The molecule has 0 saturated heterocycles. The molecule has 0 fully saturated rings. The van der Waals surface area contributed by atoms with Gasteiger partial charge in [-0.2, -0.15) is 5.26 Å². The van der Waals surface area contributed by atoms with Crippen LogP contribution >= 0.6 is 0 Å². The molecular formula is C18H28N2O2. The summed E-state index contributed by atoms with van der Waals surface area (Å²) in [4.78, 5) is 13.8. The van der Waals surface area contributed by atoms with E-state index < -0.39 is 5.97 Å². The molecule has 0 atom stereocenters. The monoisotopic (exact) mass is 304 g/mol. The van der Waals surface area contributed by atoms with Crippen molar-refractivity contribution in [3.8, 4) is 6.07 Å². The SMILES string of the molecule is CCCCCCCCCCCCc1cc(C#N)c(C(=O)O)[nH]1. The molecule has 2 N–H and O–H groups in total. The zero-order valence-electron chi connectivity index (χ0n) is 13.7. The standard InChI is InChI=1S/C18H28N2O2/c1-2-3-4-5-6-7-8-9-10-11-12-16-13-15(14-19)17(20-16)18(21)22/h13,20H,2-12H2,1H3,(H,21,22). The number of aromatic nitrogens is 1. The maximum Gasteiger partial charge on any atom is 0.353 e. The summed E-state index contributed by atoms with van der Waals surface area (Å²) in [5, 5.41) is 17.9. The number of rotatable bonds is 12. The van der Waals surface area contributed by atoms with Gasteiger partial charge < -0.3 is 10.1 Å². The number of nitrogens with zero attached hydrogens (tertiary/aromatic N) is 1. The molecule has 0 saturated carbocycles. The summed E-state index contributed by atoms with van der Waals surface area (Å²) in [5.74, 6) is -1.06. The van der Waals surface area contributed by atoms with Crippen LogP contribution in [-0.2, 0) is 6.42 Å². The Kier molecular flexibility index (Phi) is 9.06. The van der Waals surface area contributed by atoms with Gasteiger partial charge in [-0.1, -0.05) is 64.7 Å². The van der Waals surface area contributed by atoms with Crippen molar-refractivity contribution in [3.05, 3.63) is 23.0 Å². The van der Waals surface area contributed by atoms with Gasteiger partial charge in [0.15, 0.2) is 0 Å². The van der Waals surface area contributed by atoms with Gasteiger partial charge in [0.1, 0.15) is 11.8 Å². The van der Waals surface area contributed by atoms with Gasteiger partial charge in [0.25, 0.3) is 0 Å². The molecule has 0 aromatic carbocycles. The maximum atomic E-state index is 11.0. The second-order valence-corrected chi connectivity index (χ2v) is 5.93. The number of aromatic carboxylic acids is 1. The Morgan fingerprint density at radius 2 is 1.64 bits per heavy atom. The highest BCUT2D eigenvalue weighted by Crippen LogP contribution is 2.15. The highest BCUT2D eigenvalue weighted by atomic mass is 16.4. The van der Waals surface area contributed by atoms with Gasteiger partial charge in [-0.15, -0.1) is 0 Å².